The molecule has 0 saturated heterocycles. The largest absolute Gasteiger partial charge is 0.372 e. The maximum atomic E-state index is 14.4. The molecule has 7 heteroatoms. The first-order valence-electron chi connectivity index (χ1n) is 10.1. The summed E-state index contributed by atoms with van der Waals surface area (Å²) < 4.78 is 14.4. The van der Waals surface area contributed by atoms with E-state index in [1.165, 1.54) is 29.5 Å². The molecular formula is C24H22FN3O2S. The molecule has 1 aromatic heterocycles. The molecule has 0 saturated carbocycles. The molecule has 1 aliphatic heterocycles. The van der Waals surface area contributed by atoms with Crippen LogP contribution in [0, 0.1) is 5.82 Å². The van der Waals surface area contributed by atoms with Crippen LogP contribution in [-0.2, 0) is 9.59 Å². The highest BCUT2D eigenvalue weighted by molar-refractivity contribution is 7.11. The van der Waals surface area contributed by atoms with Crippen LogP contribution >= 0.6 is 11.3 Å². The van der Waals surface area contributed by atoms with Crippen molar-refractivity contribution >= 4 is 45.8 Å². The smallest absolute Gasteiger partial charge is 0.282 e. The second-order valence-electron chi connectivity index (χ2n) is 6.97. The summed E-state index contributed by atoms with van der Waals surface area (Å²) in [6.45, 7) is 5.96. The van der Waals surface area contributed by atoms with E-state index in [0.29, 0.717) is 10.6 Å². The minimum atomic E-state index is -0.625. The first-order valence-corrected chi connectivity index (χ1v) is 11.0. The number of carbonyl (C=O) groups is 2. The molecule has 0 fully saturated rings. The lowest BCUT2D eigenvalue weighted by atomic mass is 10.1. The lowest BCUT2D eigenvalue weighted by Crippen LogP contribution is -2.33. The van der Waals surface area contributed by atoms with E-state index >= 15 is 0 Å². The van der Waals surface area contributed by atoms with Crippen LogP contribution in [0.4, 0.5) is 21.5 Å². The van der Waals surface area contributed by atoms with Crippen molar-refractivity contribution in [2.24, 2.45) is 0 Å². The van der Waals surface area contributed by atoms with Crippen molar-refractivity contribution < 1.29 is 14.0 Å². The monoisotopic (exact) mass is 435 g/mol. The fraction of sp³-hybridized carbons (Fsp3) is 0.167. The van der Waals surface area contributed by atoms with Gasteiger partial charge in [0.15, 0.2) is 0 Å². The average Bonchev–Trinajstić information content (AvgIpc) is 3.38. The molecule has 3 aromatic rings. The lowest BCUT2D eigenvalue weighted by molar-refractivity contribution is -0.120. The molecule has 2 amide bonds. The lowest BCUT2D eigenvalue weighted by Gasteiger charge is -2.21. The van der Waals surface area contributed by atoms with Gasteiger partial charge in [-0.05, 0) is 61.7 Å². The van der Waals surface area contributed by atoms with Crippen molar-refractivity contribution in [1.29, 1.82) is 0 Å². The van der Waals surface area contributed by atoms with Crippen molar-refractivity contribution in [2.75, 3.05) is 28.2 Å². The highest BCUT2D eigenvalue weighted by atomic mass is 32.1. The van der Waals surface area contributed by atoms with Gasteiger partial charge in [-0.15, -0.1) is 11.3 Å². The van der Waals surface area contributed by atoms with E-state index in [9.17, 15) is 14.0 Å². The average molecular weight is 436 g/mol. The molecule has 0 unspecified atom stereocenters. The van der Waals surface area contributed by atoms with Gasteiger partial charge in [-0.1, -0.05) is 18.2 Å². The Bertz CT molecular complexity index is 1140. The standard InChI is InChI=1S/C24H22FN3O2S/c1-3-27(4-2)17-13-11-16(12-14-17)26-22-21(20-10-7-15-31-20)23(29)28(24(22)30)19-9-6-5-8-18(19)25/h5-15,26H,3-4H2,1-2H3. The number of thiophene rings is 1. The minimum Gasteiger partial charge on any atom is -0.372 e. The van der Waals surface area contributed by atoms with Crippen LogP contribution in [0.5, 0.6) is 0 Å². The zero-order valence-corrected chi connectivity index (χ0v) is 18.1. The third-order valence-corrected chi connectivity index (χ3v) is 6.10. The molecule has 2 heterocycles. The second kappa shape index (κ2) is 8.73. The number of carbonyl (C=O) groups excluding carboxylic acids is 2. The maximum Gasteiger partial charge on any atom is 0.282 e. The van der Waals surface area contributed by atoms with Crippen LogP contribution in [0.15, 0.2) is 71.7 Å². The van der Waals surface area contributed by atoms with E-state index in [2.05, 4.69) is 24.1 Å². The Morgan fingerprint density at radius 3 is 2.26 bits per heavy atom. The number of amides is 2. The van der Waals surface area contributed by atoms with Gasteiger partial charge in [0.1, 0.15) is 11.5 Å². The SMILES string of the molecule is CCN(CC)c1ccc(NC2=C(c3cccs3)C(=O)N(c3ccccc3F)C2=O)cc1. The molecule has 0 bridgehead atoms. The van der Waals surface area contributed by atoms with Gasteiger partial charge in [-0.3, -0.25) is 9.59 Å². The fourth-order valence-electron chi connectivity index (χ4n) is 3.64. The van der Waals surface area contributed by atoms with Crippen LogP contribution < -0.4 is 15.1 Å². The van der Waals surface area contributed by atoms with Crippen molar-refractivity contribution in [1.82, 2.24) is 0 Å². The van der Waals surface area contributed by atoms with Crippen LogP contribution in [0.1, 0.15) is 18.7 Å². The summed E-state index contributed by atoms with van der Waals surface area (Å²) in [5.41, 5.74) is 2.09. The number of nitrogens with zero attached hydrogens (tertiary/aromatic N) is 2. The molecule has 5 nitrogen and oxygen atoms in total. The van der Waals surface area contributed by atoms with Crippen molar-refractivity contribution in [3.8, 4) is 0 Å². The van der Waals surface area contributed by atoms with E-state index in [1.807, 2.05) is 35.7 Å². The first kappa shape index (κ1) is 20.8. The van der Waals surface area contributed by atoms with Crippen molar-refractivity contribution in [2.45, 2.75) is 13.8 Å². The van der Waals surface area contributed by atoms with E-state index in [4.69, 9.17) is 0 Å². The number of nitrogens with one attached hydrogen (secondary N) is 1. The molecule has 0 atom stereocenters. The first-order chi connectivity index (χ1) is 15.0. The van der Waals surface area contributed by atoms with Crippen LogP contribution in [0.2, 0.25) is 0 Å². The normalized spacial score (nSPS) is 13.8. The molecule has 0 aliphatic carbocycles. The van der Waals surface area contributed by atoms with Gasteiger partial charge >= 0.3 is 0 Å². The van der Waals surface area contributed by atoms with Gasteiger partial charge in [-0.2, -0.15) is 0 Å². The van der Waals surface area contributed by atoms with E-state index in [-0.39, 0.29) is 17.0 Å². The summed E-state index contributed by atoms with van der Waals surface area (Å²) >= 11 is 1.36. The Labute approximate surface area is 184 Å². The number of imide groups is 1. The van der Waals surface area contributed by atoms with E-state index in [0.717, 1.165) is 23.7 Å². The molecule has 2 aromatic carbocycles. The number of rotatable bonds is 7. The highest BCUT2D eigenvalue weighted by Crippen LogP contribution is 2.36. The topological polar surface area (TPSA) is 52.7 Å². The predicted molar refractivity (Wildman–Crippen MR) is 124 cm³/mol. The van der Waals surface area contributed by atoms with Gasteiger partial charge in [0.2, 0.25) is 0 Å². The number of hydrogen-bond donors (Lipinski definition) is 1. The zero-order chi connectivity index (χ0) is 22.0. The van der Waals surface area contributed by atoms with Gasteiger partial charge in [-0.25, -0.2) is 9.29 Å². The third kappa shape index (κ3) is 3.84. The molecule has 4 rings (SSSR count). The molecular weight excluding hydrogens is 413 g/mol. The van der Waals surface area contributed by atoms with Crippen molar-refractivity contribution in [3.05, 3.63) is 82.4 Å². The zero-order valence-electron chi connectivity index (χ0n) is 17.3. The number of halogens is 1. The van der Waals surface area contributed by atoms with E-state index < -0.39 is 17.6 Å². The number of para-hydroxylation sites is 1. The minimum absolute atomic E-state index is 0.0553. The molecule has 158 valence electrons. The fourth-order valence-corrected chi connectivity index (χ4v) is 4.40. The Kier molecular flexibility index (Phi) is 5.86. The number of benzene rings is 2. The molecule has 31 heavy (non-hydrogen) atoms. The summed E-state index contributed by atoms with van der Waals surface area (Å²) in [5.74, 6) is -1.74. The quantitative estimate of drug-likeness (QED) is 0.523. The van der Waals surface area contributed by atoms with Gasteiger partial charge in [0, 0.05) is 29.3 Å². The Morgan fingerprint density at radius 2 is 1.65 bits per heavy atom. The number of anilines is 3. The van der Waals surface area contributed by atoms with Crippen molar-refractivity contribution in [3.63, 3.8) is 0 Å². The van der Waals surface area contributed by atoms with Gasteiger partial charge < -0.3 is 10.2 Å². The summed E-state index contributed by atoms with van der Waals surface area (Å²) in [6.07, 6.45) is 0. The summed E-state index contributed by atoms with van der Waals surface area (Å²) in [7, 11) is 0. The van der Waals surface area contributed by atoms with Gasteiger partial charge in [0.05, 0.1) is 11.3 Å². The molecule has 1 aliphatic rings. The van der Waals surface area contributed by atoms with Crippen LogP contribution in [0.25, 0.3) is 5.57 Å². The Balaban J connectivity index is 1.72. The maximum absolute atomic E-state index is 14.4. The molecule has 0 spiro atoms. The van der Waals surface area contributed by atoms with E-state index in [1.54, 1.807) is 12.1 Å². The predicted octanol–water partition coefficient (Wildman–Crippen LogP) is 5.13. The summed E-state index contributed by atoms with van der Waals surface area (Å²) in [6, 6.07) is 17.1. The van der Waals surface area contributed by atoms with Crippen LogP contribution in [0.3, 0.4) is 0 Å². The summed E-state index contributed by atoms with van der Waals surface area (Å²) in [5, 5.41) is 4.95. The Morgan fingerprint density at radius 1 is 0.935 bits per heavy atom. The van der Waals surface area contributed by atoms with Gasteiger partial charge in [0.25, 0.3) is 11.8 Å². The molecule has 0 radical (unpaired) electrons. The van der Waals surface area contributed by atoms with Crippen LogP contribution in [-0.4, -0.2) is 24.9 Å². The Hall–Kier alpha value is -3.45. The highest BCUT2D eigenvalue weighted by Gasteiger charge is 2.41. The third-order valence-electron chi connectivity index (χ3n) is 5.21. The second-order valence-corrected chi connectivity index (χ2v) is 7.92. The summed E-state index contributed by atoms with van der Waals surface area (Å²) in [4.78, 5) is 30.3. The molecule has 1 N–H and O–H groups in total. The number of hydrogen-bond acceptors (Lipinski definition) is 5.